The summed E-state index contributed by atoms with van der Waals surface area (Å²) < 4.78 is 17.7. The van der Waals surface area contributed by atoms with Crippen LogP contribution >= 0.6 is 22.9 Å². The van der Waals surface area contributed by atoms with E-state index < -0.39 is 6.09 Å². The van der Waals surface area contributed by atoms with Crippen molar-refractivity contribution in [3.05, 3.63) is 80.9 Å². The number of piperazine rings is 1. The Morgan fingerprint density at radius 3 is 2.64 bits per heavy atom. The lowest BCUT2D eigenvalue weighted by Gasteiger charge is -2.35. The van der Waals surface area contributed by atoms with Crippen molar-refractivity contribution < 1.29 is 33.4 Å². The molecule has 3 amide bonds. The topological polar surface area (TPSA) is 247 Å². The minimum atomic E-state index is -0.545. The number of anilines is 4. The molecule has 0 bridgehead atoms. The molecule has 0 saturated carbocycles. The van der Waals surface area contributed by atoms with E-state index in [2.05, 4.69) is 55.7 Å². The van der Waals surface area contributed by atoms with Crippen molar-refractivity contribution in [3.63, 3.8) is 0 Å². The van der Waals surface area contributed by atoms with Gasteiger partial charge in [-0.2, -0.15) is 0 Å². The van der Waals surface area contributed by atoms with Gasteiger partial charge >= 0.3 is 6.09 Å². The molecule has 23 heteroatoms. The second kappa shape index (κ2) is 24.4. The number of halogens is 1. The molecule has 21 nitrogen and oxygen atoms in total. The van der Waals surface area contributed by atoms with E-state index in [1.54, 1.807) is 12.3 Å². The van der Waals surface area contributed by atoms with Crippen LogP contribution in [0.1, 0.15) is 38.7 Å². The second-order valence-electron chi connectivity index (χ2n) is 13.6. The Balaban J connectivity index is 0.918. The first-order valence-electron chi connectivity index (χ1n) is 19.6. The van der Waals surface area contributed by atoms with Gasteiger partial charge in [0.1, 0.15) is 41.9 Å². The Morgan fingerprint density at radius 1 is 1.05 bits per heavy atom. The minimum absolute atomic E-state index is 0.0970. The van der Waals surface area contributed by atoms with Gasteiger partial charge in [-0.15, -0.1) is 0 Å². The van der Waals surface area contributed by atoms with Crippen LogP contribution in [0.3, 0.4) is 0 Å². The zero-order valence-electron chi connectivity index (χ0n) is 34.0. The summed E-state index contributed by atoms with van der Waals surface area (Å²) in [7, 11) is 0. The van der Waals surface area contributed by atoms with E-state index >= 15 is 0 Å². The summed E-state index contributed by atoms with van der Waals surface area (Å²) >= 11 is 7.48. The first-order valence-corrected chi connectivity index (χ1v) is 20.8. The molecule has 0 radical (unpaired) electrons. The van der Waals surface area contributed by atoms with Crippen molar-refractivity contribution in [1.29, 1.82) is 0 Å². The molecule has 61 heavy (non-hydrogen) atoms. The SMILES string of the molecule is Cc1nc(Nc2ncc(C(=O)Nc3c(C)cccc3Cl)s2)cc(N2CCN(CCOC(=O)NCCOCCOCC(=O)N(CCCN=[N+]=[N-])CCC(=O)n3ccnc3)CC2)n1. The van der Waals surface area contributed by atoms with E-state index in [0.717, 1.165) is 24.5 Å². The Kier molecular flexibility index (Phi) is 18.5. The number of aromatic nitrogens is 5. The summed E-state index contributed by atoms with van der Waals surface area (Å²) in [6.07, 6.45) is 5.95. The highest BCUT2D eigenvalue weighted by Gasteiger charge is 2.21. The summed E-state index contributed by atoms with van der Waals surface area (Å²) in [6, 6.07) is 7.28. The summed E-state index contributed by atoms with van der Waals surface area (Å²) in [5, 5.41) is 13.2. The summed E-state index contributed by atoms with van der Waals surface area (Å²) in [4.78, 5) is 76.6. The number of amides is 3. The fourth-order valence-electron chi connectivity index (χ4n) is 6.01. The summed E-state index contributed by atoms with van der Waals surface area (Å²) in [6.45, 7) is 8.75. The summed E-state index contributed by atoms with van der Waals surface area (Å²) in [5.74, 6) is 1.11. The number of para-hydroxylation sites is 1. The maximum Gasteiger partial charge on any atom is 0.407 e. The van der Waals surface area contributed by atoms with Crippen molar-refractivity contribution >= 4 is 69.2 Å². The highest BCUT2D eigenvalue weighted by atomic mass is 35.5. The molecular formula is C38H49ClN14O7S. The van der Waals surface area contributed by atoms with Gasteiger partial charge in [-0.1, -0.05) is 40.2 Å². The van der Waals surface area contributed by atoms with Crippen LogP contribution in [-0.4, -0.2) is 150 Å². The molecule has 1 aromatic carbocycles. The van der Waals surface area contributed by atoms with Crippen LogP contribution in [0.15, 0.2) is 54.3 Å². The quantitative estimate of drug-likeness (QED) is 0.0401. The van der Waals surface area contributed by atoms with Crippen molar-refractivity contribution in [2.45, 2.75) is 26.7 Å². The molecule has 3 aromatic heterocycles. The largest absolute Gasteiger partial charge is 0.448 e. The third-order valence-corrected chi connectivity index (χ3v) is 10.4. The van der Waals surface area contributed by atoms with Crippen LogP contribution in [0.5, 0.6) is 0 Å². The fraction of sp³-hybridized carbons (Fsp3) is 0.474. The van der Waals surface area contributed by atoms with Gasteiger partial charge in [0.25, 0.3) is 5.91 Å². The Bertz CT molecular complexity index is 2090. The Hall–Kier alpha value is -5.90. The Morgan fingerprint density at radius 2 is 1.87 bits per heavy atom. The molecule has 0 atom stereocenters. The molecule has 1 fully saturated rings. The van der Waals surface area contributed by atoms with Crippen LogP contribution in [0.25, 0.3) is 10.4 Å². The molecule has 1 saturated heterocycles. The van der Waals surface area contributed by atoms with Crippen molar-refractivity contribution in [1.82, 2.24) is 39.6 Å². The number of nitrogens with one attached hydrogen (secondary N) is 3. The number of hydrogen-bond acceptors (Lipinski definition) is 16. The van der Waals surface area contributed by atoms with Crippen LogP contribution in [0, 0.1) is 13.8 Å². The number of hydrogen-bond donors (Lipinski definition) is 3. The number of azide groups is 1. The molecule has 4 heterocycles. The van der Waals surface area contributed by atoms with Gasteiger partial charge in [0.15, 0.2) is 5.13 Å². The van der Waals surface area contributed by atoms with Gasteiger partial charge in [-0.05, 0) is 37.4 Å². The zero-order valence-corrected chi connectivity index (χ0v) is 35.6. The molecule has 326 valence electrons. The normalized spacial score (nSPS) is 12.7. The van der Waals surface area contributed by atoms with Gasteiger partial charge < -0.3 is 40.0 Å². The molecule has 5 rings (SSSR count). The highest BCUT2D eigenvalue weighted by Crippen LogP contribution is 2.28. The lowest BCUT2D eigenvalue weighted by Crippen LogP contribution is -2.48. The number of ether oxygens (including phenoxy) is 3. The molecule has 0 spiro atoms. The third-order valence-electron chi connectivity index (χ3n) is 9.19. The molecular weight excluding hydrogens is 832 g/mol. The molecule has 4 aromatic rings. The number of imidazole rings is 1. The van der Waals surface area contributed by atoms with Crippen molar-refractivity contribution in [3.8, 4) is 0 Å². The van der Waals surface area contributed by atoms with Gasteiger partial charge in [0.05, 0.1) is 36.7 Å². The minimum Gasteiger partial charge on any atom is -0.448 e. The van der Waals surface area contributed by atoms with E-state index in [9.17, 15) is 19.2 Å². The number of benzene rings is 1. The maximum absolute atomic E-state index is 12.9. The molecule has 3 N–H and O–H groups in total. The first kappa shape index (κ1) is 46.2. The molecule has 0 aliphatic carbocycles. The molecule has 1 aliphatic rings. The van der Waals surface area contributed by atoms with Crippen molar-refractivity contribution in [2.24, 2.45) is 5.11 Å². The number of thiazole rings is 1. The van der Waals surface area contributed by atoms with Gasteiger partial charge in [0.2, 0.25) is 11.8 Å². The maximum atomic E-state index is 12.9. The van der Waals surface area contributed by atoms with Gasteiger partial charge in [0, 0.05) is 88.7 Å². The summed E-state index contributed by atoms with van der Waals surface area (Å²) in [5.41, 5.74) is 9.93. The smallest absolute Gasteiger partial charge is 0.407 e. The second-order valence-corrected chi connectivity index (χ2v) is 15.0. The predicted octanol–water partition coefficient (Wildman–Crippen LogP) is 4.54. The van der Waals surface area contributed by atoms with Crippen LogP contribution in [0.2, 0.25) is 5.02 Å². The lowest BCUT2D eigenvalue weighted by molar-refractivity contribution is -0.136. The lowest BCUT2D eigenvalue weighted by atomic mass is 10.2. The third kappa shape index (κ3) is 15.3. The predicted molar refractivity (Wildman–Crippen MR) is 229 cm³/mol. The monoisotopic (exact) mass is 880 g/mol. The number of nitrogens with zero attached hydrogens (tertiary/aromatic N) is 11. The van der Waals surface area contributed by atoms with E-state index in [1.165, 1.54) is 39.5 Å². The first-order chi connectivity index (χ1) is 29.6. The Labute approximate surface area is 361 Å². The van der Waals surface area contributed by atoms with E-state index in [-0.39, 0.29) is 76.8 Å². The van der Waals surface area contributed by atoms with E-state index in [4.69, 9.17) is 31.3 Å². The van der Waals surface area contributed by atoms with E-state index in [1.807, 2.05) is 32.0 Å². The number of alkyl carbamates (subject to hydrolysis) is 1. The van der Waals surface area contributed by atoms with Gasteiger partial charge in [-0.25, -0.2) is 24.7 Å². The van der Waals surface area contributed by atoms with Crippen LogP contribution in [-0.2, 0) is 19.0 Å². The van der Waals surface area contributed by atoms with E-state index in [0.29, 0.717) is 65.0 Å². The fourth-order valence-corrected chi connectivity index (χ4v) is 7.00. The number of carbonyl (C=O) groups is 4. The zero-order chi connectivity index (χ0) is 43.4. The molecule has 0 unspecified atom stereocenters. The van der Waals surface area contributed by atoms with Gasteiger partial charge in [-0.3, -0.25) is 23.9 Å². The van der Waals surface area contributed by atoms with Crippen molar-refractivity contribution in [2.75, 3.05) is 107 Å². The standard InChI is InChI=1S/C38H49ClN14O7S/c1-27-5-3-6-29(39)35(27)48-36(56)30-24-43-37(61-30)47-31-23-32(46-28(2)45-31)51-16-14-50(15-17-51)18-20-60-38(57)42-10-19-58-21-22-59-25-34(55)52(11-4-8-44-49-40)12-7-33(54)53-13-9-41-26-53/h3,5-6,9,13,23-24,26H,4,7-8,10-12,14-22,25H2,1-2H3,(H,42,57)(H,48,56)(H,43,45,46,47). The number of carbonyl (C=O) groups excluding carboxylic acids is 4. The average molecular weight is 881 g/mol. The highest BCUT2D eigenvalue weighted by molar-refractivity contribution is 7.17. The molecule has 1 aliphatic heterocycles. The number of aryl methyl sites for hydroxylation is 2. The van der Waals surface area contributed by atoms with Crippen LogP contribution < -0.4 is 20.9 Å². The average Bonchev–Trinajstić information content (AvgIpc) is 3.96. The van der Waals surface area contributed by atoms with Crippen LogP contribution in [0.4, 0.5) is 27.2 Å². The number of rotatable bonds is 23.